The van der Waals surface area contributed by atoms with Crippen molar-refractivity contribution >= 4 is 23.3 Å². The number of nitrogens with one attached hydrogen (secondary N) is 1. The van der Waals surface area contributed by atoms with Gasteiger partial charge in [-0.05, 0) is 19.4 Å². The van der Waals surface area contributed by atoms with Gasteiger partial charge in [-0.15, -0.1) is 0 Å². The van der Waals surface area contributed by atoms with Crippen LogP contribution in [0.4, 0.5) is 5.82 Å². The summed E-state index contributed by atoms with van der Waals surface area (Å²) >= 11 is 6.10. The Balaban J connectivity index is 2.12. The summed E-state index contributed by atoms with van der Waals surface area (Å²) in [5.41, 5.74) is 0.501. The molecule has 1 aliphatic rings. The van der Waals surface area contributed by atoms with Gasteiger partial charge >= 0.3 is 0 Å². The highest BCUT2D eigenvalue weighted by Gasteiger charge is 2.25. The lowest BCUT2D eigenvalue weighted by atomic mass is 10.2. The van der Waals surface area contributed by atoms with Crippen molar-refractivity contribution < 1.29 is 9.53 Å². The number of hydrogen-bond acceptors (Lipinski definition) is 4. The Labute approximate surface area is 117 Å². The lowest BCUT2D eigenvalue weighted by Gasteiger charge is -2.23. The molecule has 1 unspecified atom stereocenters. The van der Waals surface area contributed by atoms with Gasteiger partial charge in [0, 0.05) is 26.4 Å². The van der Waals surface area contributed by atoms with E-state index in [1.165, 1.54) is 0 Å². The maximum atomic E-state index is 12.3. The SMILES string of the molecule is CCNc1ncc(C(=O)N(C)C2CCOC2)cc1Cl. The van der Waals surface area contributed by atoms with Gasteiger partial charge in [-0.2, -0.15) is 0 Å². The van der Waals surface area contributed by atoms with E-state index in [0.717, 1.165) is 13.0 Å². The van der Waals surface area contributed by atoms with E-state index in [0.29, 0.717) is 29.6 Å². The molecule has 0 saturated carbocycles. The van der Waals surface area contributed by atoms with E-state index in [2.05, 4.69) is 10.3 Å². The van der Waals surface area contributed by atoms with Gasteiger partial charge in [0.1, 0.15) is 5.82 Å². The molecule has 5 nitrogen and oxygen atoms in total. The molecule has 1 atom stereocenters. The highest BCUT2D eigenvalue weighted by Crippen LogP contribution is 2.21. The molecule has 1 fully saturated rings. The van der Waals surface area contributed by atoms with Crippen LogP contribution < -0.4 is 5.32 Å². The molecule has 1 N–H and O–H groups in total. The zero-order valence-electron chi connectivity index (χ0n) is 11.1. The number of carbonyl (C=O) groups is 1. The number of anilines is 1. The molecule has 1 saturated heterocycles. The molecule has 1 aromatic heterocycles. The summed E-state index contributed by atoms with van der Waals surface area (Å²) in [6, 6.07) is 1.79. The standard InChI is InChI=1S/C13H18ClN3O2/c1-3-15-12-11(14)6-9(7-16-12)13(18)17(2)10-4-5-19-8-10/h6-7,10H,3-5,8H2,1-2H3,(H,15,16). The highest BCUT2D eigenvalue weighted by molar-refractivity contribution is 6.33. The summed E-state index contributed by atoms with van der Waals surface area (Å²) in [5.74, 6) is 0.528. The first-order valence-electron chi connectivity index (χ1n) is 6.37. The summed E-state index contributed by atoms with van der Waals surface area (Å²) in [6.45, 7) is 4.00. The van der Waals surface area contributed by atoms with E-state index in [9.17, 15) is 4.79 Å². The van der Waals surface area contributed by atoms with E-state index < -0.39 is 0 Å². The van der Waals surface area contributed by atoms with Crippen LogP contribution >= 0.6 is 11.6 Å². The molecule has 0 spiro atoms. The van der Waals surface area contributed by atoms with Crippen LogP contribution in [0.25, 0.3) is 0 Å². The molecule has 1 aromatic rings. The van der Waals surface area contributed by atoms with Crippen LogP contribution in [0.5, 0.6) is 0 Å². The molecule has 6 heteroatoms. The molecule has 0 aliphatic carbocycles. The number of carbonyl (C=O) groups excluding carboxylic acids is 1. The Hall–Kier alpha value is -1.33. The third kappa shape index (κ3) is 3.16. The summed E-state index contributed by atoms with van der Waals surface area (Å²) in [6.07, 6.45) is 2.43. The van der Waals surface area contributed by atoms with Crippen molar-refractivity contribution in [1.82, 2.24) is 9.88 Å². The van der Waals surface area contributed by atoms with Crippen LogP contribution in [0.3, 0.4) is 0 Å². The smallest absolute Gasteiger partial charge is 0.255 e. The fourth-order valence-electron chi connectivity index (χ4n) is 2.05. The third-order valence-corrected chi connectivity index (χ3v) is 3.49. The van der Waals surface area contributed by atoms with E-state index in [-0.39, 0.29) is 11.9 Å². The Morgan fingerprint density at radius 3 is 3.05 bits per heavy atom. The second-order valence-corrected chi connectivity index (χ2v) is 4.93. The molecule has 0 bridgehead atoms. The van der Waals surface area contributed by atoms with Crippen LogP contribution in [-0.2, 0) is 4.74 Å². The topological polar surface area (TPSA) is 54.5 Å². The second-order valence-electron chi connectivity index (χ2n) is 4.52. The molecular weight excluding hydrogens is 266 g/mol. The largest absolute Gasteiger partial charge is 0.379 e. The van der Waals surface area contributed by atoms with Crippen molar-refractivity contribution in [2.24, 2.45) is 0 Å². The van der Waals surface area contributed by atoms with Gasteiger partial charge in [0.2, 0.25) is 0 Å². The van der Waals surface area contributed by atoms with Crippen molar-refractivity contribution in [3.8, 4) is 0 Å². The van der Waals surface area contributed by atoms with E-state index in [4.69, 9.17) is 16.3 Å². The lowest BCUT2D eigenvalue weighted by molar-refractivity contribution is 0.0711. The molecule has 19 heavy (non-hydrogen) atoms. The third-order valence-electron chi connectivity index (χ3n) is 3.21. The number of nitrogens with zero attached hydrogens (tertiary/aromatic N) is 2. The molecule has 1 aliphatic heterocycles. The van der Waals surface area contributed by atoms with Gasteiger partial charge in [-0.3, -0.25) is 4.79 Å². The first-order valence-corrected chi connectivity index (χ1v) is 6.75. The zero-order valence-corrected chi connectivity index (χ0v) is 11.9. The van der Waals surface area contributed by atoms with Crippen molar-refractivity contribution in [2.75, 3.05) is 32.1 Å². The summed E-state index contributed by atoms with van der Waals surface area (Å²) in [5, 5.41) is 3.50. The average Bonchev–Trinajstić information content (AvgIpc) is 2.93. The van der Waals surface area contributed by atoms with Crippen molar-refractivity contribution in [2.45, 2.75) is 19.4 Å². The monoisotopic (exact) mass is 283 g/mol. The molecule has 0 aromatic carbocycles. The van der Waals surface area contributed by atoms with Gasteiger partial charge in [0.15, 0.2) is 0 Å². The zero-order chi connectivity index (χ0) is 13.8. The Morgan fingerprint density at radius 2 is 2.47 bits per heavy atom. The van der Waals surface area contributed by atoms with Gasteiger partial charge in [-0.1, -0.05) is 11.6 Å². The number of likely N-dealkylation sites (N-methyl/N-ethyl adjacent to an activating group) is 1. The minimum Gasteiger partial charge on any atom is -0.379 e. The first-order chi connectivity index (χ1) is 9.13. The number of ether oxygens (including phenoxy) is 1. The fraction of sp³-hybridized carbons (Fsp3) is 0.538. The van der Waals surface area contributed by atoms with Crippen LogP contribution in [0.1, 0.15) is 23.7 Å². The first kappa shape index (κ1) is 14.1. The molecular formula is C13H18ClN3O2. The molecule has 104 valence electrons. The van der Waals surface area contributed by atoms with Gasteiger partial charge in [-0.25, -0.2) is 4.98 Å². The average molecular weight is 284 g/mol. The number of rotatable bonds is 4. The van der Waals surface area contributed by atoms with Gasteiger partial charge < -0.3 is 15.0 Å². The minimum absolute atomic E-state index is 0.0760. The summed E-state index contributed by atoms with van der Waals surface area (Å²) in [7, 11) is 1.79. The van der Waals surface area contributed by atoms with Crippen LogP contribution in [0.15, 0.2) is 12.3 Å². The second kappa shape index (κ2) is 6.21. The highest BCUT2D eigenvalue weighted by atomic mass is 35.5. The number of hydrogen-bond donors (Lipinski definition) is 1. The van der Waals surface area contributed by atoms with Crippen molar-refractivity contribution in [3.63, 3.8) is 0 Å². The Bertz CT molecular complexity index is 461. The molecule has 0 radical (unpaired) electrons. The van der Waals surface area contributed by atoms with Crippen LogP contribution in [-0.4, -0.2) is 48.6 Å². The predicted molar refractivity (Wildman–Crippen MR) is 74.7 cm³/mol. The van der Waals surface area contributed by atoms with E-state index >= 15 is 0 Å². The lowest BCUT2D eigenvalue weighted by Crippen LogP contribution is -2.37. The number of aromatic nitrogens is 1. The van der Waals surface area contributed by atoms with E-state index in [1.54, 1.807) is 24.2 Å². The maximum absolute atomic E-state index is 12.3. The minimum atomic E-state index is -0.0760. The predicted octanol–water partition coefficient (Wildman–Crippen LogP) is 2.03. The van der Waals surface area contributed by atoms with Gasteiger partial charge in [0.25, 0.3) is 5.91 Å². The fourth-order valence-corrected chi connectivity index (χ4v) is 2.28. The molecule has 2 heterocycles. The normalized spacial score (nSPS) is 18.4. The van der Waals surface area contributed by atoms with E-state index in [1.807, 2.05) is 6.92 Å². The quantitative estimate of drug-likeness (QED) is 0.919. The number of pyridine rings is 1. The molecule has 1 amide bonds. The van der Waals surface area contributed by atoms with Crippen LogP contribution in [0, 0.1) is 0 Å². The summed E-state index contributed by atoms with van der Waals surface area (Å²) in [4.78, 5) is 18.2. The number of amides is 1. The Morgan fingerprint density at radius 1 is 1.68 bits per heavy atom. The Kier molecular flexibility index (Phi) is 4.61. The molecule has 2 rings (SSSR count). The van der Waals surface area contributed by atoms with Crippen molar-refractivity contribution in [3.05, 3.63) is 22.8 Å². The maximum Gasteiger partial charge on any atom is 0.255 e. The number of halogens is 1. The summed E-state index contributed by atoms with van der Waals surface area (Å²) < 4.78 is 5.29. The van der Waals surface area contributed by atoms with Crippen LogP contribution in [0.2, 0.25) is 5.02 Å². The van der Waals surface area contributed by atoms with Crippen molar-refractivity contribution in [1.29, 1.82) is 0 Å². The van der Waals surface area contributed by atoms with Gasteiger partial charge in [0.05, 0.1) is 23.2 Å².